The molecule has 2 aliphatic rings. The molecule has 2 N–H and O–H groups in total. The number of hydrogen-bond donors (Lipinski definition) is 1. The molecule has 0 atom stereocenters. The van der Waals surface area contributed by atoms with Crippen LogP contribution in [0.15, 0.2) is 24.3 Å². The number of nitrogen functional groups attached to an aromatic ring is 1. The Bertz CT molecular complexity index is 494. The first-order chi connectivity index (χ1) is 10.7. The molecule has 1 aliphatic carbocycles. The molecule has 1 saturated carbocycles. The predicted octanol–water partition coefficient (Wildman–Crippen LogP) is 2.89. The lowest BCUT2D eigenvalue weighted by molar-refractivity contribution is -0.136. The summed E-state index contributed by atoms with van der Waals surface area (Å²) in [5.74, 6) is 0.690. The number of nitrogens with two attached hydrogens (primary N) is 1. The summed E-state index contributed by atoms with van der Waals surface area (Å²) in [6.45, 7) is 3.68. The molecule has 3 rings (SSSR count). The van der Waals surface area contributed by atoms with E-state index < -0.39 is 0 Å². The number of rotatable bonds is 2. The van der Waals surface area contributed by atoms with Gasteiger partial charge in [-0.3, -0.25) is 4.79 Å². The molecule has 1 amide bonds. The molecule has 0 spiro atoms. The van der Waals surface area contributed by atoms with Crippen LogP contribution in [0, 0.1) is 5.92 Å². The highest BCUT2D eigenvalue weighted by molar-refractivity contribution is 5.79. The molecule has 0 bridgehead atoms. The summed E-state index contributed by atoms with van der Waals surface area (Å²) in [4.78, 5) is 17.2. The smallest absolute Gasteiger partial charge is 0.225 e. The summed E-state index contributed by atoms with van der Waals surface area (Å²) in [5.41, 5.74) is 7.77. The summed E-state index contributed by atoms with van der Waals surface area (Å²) in [5, 5.41) is 0. The molecule has 0 aromatic heterocycles. The molecule has 4 heteroatoms. The van der Waals surface area contributed by atoms with Crippen LogP contribution >= 0.6 is 0 Å². The molecule has 1 saturated heterocycles. The van der Waals surface area contributed by atoms with E-state index in [1.807, 2.05) is 12.1 Å². The Hall–Kier alpha value is -1.71. The van der Waals surface area contributed by atoms with E-state index in [1.165, 1.54) is 24.9 Å². The van der Waals surface area contributed by atoms with Crippen molar-refractivity contribution in [2.24, 2.45) is 5.92 Å². The minimum Gasteiger partial charge on any atom is -0.399 e. The van der Waals surface area contributed by atoms with Crippen molar-refractivity contribution >= 4 is 17.3 Å². The van der Waals surface area contributed by atoms with E-state index in [0.717, 1.165) is 51.1 Å². The van der Waals surface area contributed by atoms with Crippen molar-refractivity contribution in [1.82, 2.24) is 4.90 Å². The highest BCUT2D eigenvalue weighted by atomic mass is 16.2. The number of hydrogen-bond acceptors (Lipinski definition) is 3. The zero-order valence-electron chi connectivity index (χ0n) is 13.3. The summed E-state index contributed by atoms with van der Waals surface area (Å²) >= 11 is 0. The van der Waals surface area contributed by atoms with E-state index >= 15 is 0 Å². The maximum atomic E-state index is 12.7. The average molecular weight is 301 g/mol. The topological polar surface area (TPSA) is 49.6 Å². The van der Waals surface area contributed by atoms with Gasteiger partial charge >= 0.3 is 0 Å². The number of benzene rings is 1. The minimum atomic E-state index is 0.289. The number of carbonyl (C=O) groups is 1. The van der Waals surface area contributed by atoms with E-state index in [1.54, 1.807) is 0 Å². The van der Waals surface area contributed by atoms with Crippen LogP contribution in [-0.2, 0) is 4.79 Å². The van der Waals surface area contributed by atoms with Gasteiger partial charge in [-0.25, -0.2) is 0 Å². The third-order valence-electron chi connectivity index (χ3n) is 5.02. The van der Waals surface area contributed by atoms with Gasteiger partial charge in [-0.1, -0.05) is 19.3 Å². The molecule has 1 aromatic carbocycles. The fraction of sp³-hybridized carbons (Fsp3) is 0.611. The van der Waals surface area contributed by atoms with Crippen LogP contribution in [0.2, 0.25) is 0 Å². The van der Waals surface area contributed by atoms with Crippen LogP contribution in [-0.4, -0.2) is 37.0 Å². The number of anilines is 2. The van der Waals surface area contributed by atoms with Crippen molar-refractivity contribution in [1.29, 1.82) is 0 Å². The van der Waals surface area contributed by atoms with Gasteiger partial charge in [0.15, 0.2) is 0 Å². The first kappa shape index (κ1) is 15.2. The molecule has 1 aromatic rings. The molecule has 1 aliphatic heterocycles. The van der Waals surface area contributed by atoms with Gasteiger partial charge in [-0.05, 0) is 43.5 Å². The molecular formula is C18H27N3O. The van der Waals surface area contributed by atoms with Crippen LogP contribution < -0.4 is 10.6 Å². The zero-order valence-corrected chi connectivity index (χ0v) is 13.3. The lowest BCUT2D eigenvalue weighted by Crippen LogP contribution is -2.39. The van der Waals surface area contributed by atoms with Crippen molar-refractivity contribution in [3.8, 4) is 0 Å². The van der Waals surface area contributed by atoms with Crippen molar-refractivity contribution < 1.29 is 4.79 Å². The van der Waals surface area contributed by atoms with Gasteiger partial charge in [0.1, 0.15) is 0 Å². The van der Waals surface area contributed by atoms with Crippen LogP contribution in [0.3, 0.4) is 0 Å². The Morgan fingerprint density at radius 3 is 2.36 bits per heavy atom. The Labute approximate surface area is 133 Å². The summed E-state index contributed by atoms with van der Waals surface area (Å²) in [7, 11) is 0. The first-order valence-corrected chi connectivity index (χ1v) is 8.63. The standard InChI is InChI=1S/C18H27N3O/c19-16-7-9-17(10-8-16)20-11-4-12-21(14-13-20)18(22)15-5-2-1-3-6-15/h7-10,15H,1-6,11-14,19H2. The van der Waals surface area contributed by atoms with Crippen molar-refractivity contribution in [3.63, 3.8) is 0 Å². The fourth-order valence-electron chi connectivity index (χ4n) is 3.69. The molecule has 2 fully saturated rings. The monoisotopic (exact) mass is 301 g/mol. The van der Waals surface area contributed by atoms with E-state index in [9.17, 15) is 4.79 Å². The van der Waals surface area contributed by atoms with Crippen LogP contribution in [0.25, 0.3) is 0 Å². The largest absolute Gasteiger partial charge is 0.399 e. The maximum Gasteiger partial charge on any atom is 0.225 e. The molecular weight excluding hydrogens is 274 g/mol. The molecule has 120 valence electrons. The van der Waals surface area contributed by atoms with Crippen molar-refractivity contribution in [3.05, 3.63) is 24.3 Å². The number of carbonyl (C=O) groups excluding carboxylic acids is 1. The number of amides is 1. The van der Waals surface area contributed by atoms with Gasteiger partial charge in [0.2, 0.25) is 5.91 Å². The summed E-state index contributed by atoms with van der Waals surface area (Å²) < 4.78 is 0. The van der Waals surface area contributed by atoms with Crippen molar-refractivity contribution in [2.75, 3.05) is 36.8 Å². The SMILES string of the molecule is Nc1ccc(N2CCCN(C(=O)C3CCCCC3)CC2)cc1. The van der Waals surface area contributed by atoms with Crippen molar-refractivity contribution in [2.45, 2.75) is 38.5 Å². The van der Waals surface area contributed by atoms with Gasteiger partial charge in [0.25, 0.3) is 0 Å². The van der Waals surface area contributed by atoms with E-state index in [0.29, 0.717) is 5.91 Å². The third kappa shape index (κ3) is 3.54. The van der Waals surface area contributed by atoms with Crippen LogP contribution in [0.1, 0.15) is 38.5 Å². The van der Waals surface area contributed by atoms with E-state index in [-0.39, 0.29) is 5.92 Å². The highest BCUT2D eigenvalue weighted by Gasteiger charge is 2.27. The molecule has 1 heterocycles. The highest BCUT2D eigenvalue weighted by Crippen LogP contribution is 2.26. The van der Waals surface area contributed by atoms with Gasteiger partial charge < -0.3 is 15.5 Å². The van der Waals surface area contributed by atoms with Gasteiger partial charge in [-0.15, -0.1) is 0 Å². The van der Waals surface area contributed by atoms with Gasteiger partial charge in [0.05, 0.1) is 0 Å². The Balaban J connectivity index is 1.59. The quantitative estimate of drug-likeness (QED) is 0.855. The lowest BCUT2D eigenvalue weighted by atomic mass is 9.88. The minimum absolute atomic E-state index is 0.289. The fourth-order valence-corrected chi connectivity index (χ4v) is 3.69. The molecule has 4 nitrogen and oxygen atoms in total. The Morgan fingerprint density at radius 2 is 1.64 bits per heavy atom. The molecule has 22 heavy (non-hydrogen) atoms. The summed E-state index contributed by atoms with van der Waals surface area (Å²) in [6.07, 6.45) is 6.98. The molecule has 0 radical (unpaired) electrons. The maximum absolute atomic E-state index is 12.7. The predicted molar refractivity (Wildman–Crippen MR) is 90.8 cm³/mol. The Kier molecular flexibility index (Phi) is 4.86. The second-order valence-electron chi connectivity index (χ2n) is 6.59. The normalized spacial score (nSPS) is 20.7. The van der Waals surface area contributed by atoms with E-state index in [2.05, 4.69) is 21.9 Å². The third-order valence-corrected chi connectivity index (χ3v) is 5.02. The van der Waals surface area contributed by atoms with E-state index in [4.69, 9.17) is 5.73 Å². The van der Waals surface area contributed by atoms with Crippen LogP contribution in [0.4, 0.5) is 11.4 Å². The van der Waals surface area contributed by atoms with Crippen LogP contribution in [0.5, 0.6) is 0 Å². The zero-order chi connectivity index (χ0) is 15.4. The lowest BCUT2D eigenvalue weighted by Gasteiger charge is -2.28. The van der Waals surface area contributed by atoms with Gasteiger partial charge in [0, 0.05) is 43.5 Å². The Morgan fingerprint density at radius 1 is 0.909 bits per heavy atom. The second kappa shape index (κ2) is 7.03. The van der Waals surface area contributed by atoms with Gasteiger partial charge in [-0.2, -0.15) is 0 Å². The molecule has 0 unspecified atom stereocenters. The average Bonchev–Trinajstić information content (AvgIpc) is 2.82. The number of nitrogens with zero attached hydrogens (tertiary/aromatic N) is 2. The summed E-state index contributed by atoms with van der Waals surface area (Å²) in [6, 6.07) is 8.05. The second-order valence-corrected chi connectivity index (χ2v) is 6.59. The first-order valence-electron chi connectivity index (χ1n) is 8.63.